The zero-order valence-electron chi connectivity index (χ0n) is 12.7. The number of benzene rings is 1. The number of anilines is 1. The predicted molar refractivity (Wildman–Crippen MR) is 87.7 cm³/mol. The van der Waals surface area contributed by atoms with Crippen LogP contribution in [0.3, 0.4) is 0 Å². The fourth-order valence-corrected chi connectivity index (χ4v) is 2.83. The highest BCUT2D eigenvalue weighted by Crippen LogP contribution is 2.27. The third kappa shape index (κ3) is 3.85. The van der Waals surface area contributed by atoms with Gasteiger partial charge >= 0.3 is 0 Å². The van der Waals surface area contributed by atoms with E-state index in [1.807, 2.05) is 20.8 Å². The van der Waals surface area contributed by atoms with Crippen molar-refractivity contribution in [2.45, 2.75) is 26.9 Å². The summed E-state index contributed by atoms with van der Waals surface area (Å²) in [5.41, 5.74) is 6.12. The summed E-state index contributed by atoms with van der Waals surface area (Å²) in [6.45, 7) is 5.72. The van der Waals surface area contributed by atoms with E-state index >= 15 is 0 Å². The number of nitrogens with one attached hydrogen (secondary N) is 1. The van der Waals surface area contributed by atoms with Gasteiger partial charge < -0.3 is 15.8 Å². The molecule has 1 aromatic carbocycles. The Morgan fingerprint density at radius 3 is 2.41 bits per heavy atom. The van der Waals surface area contributed by atoms with Gasteiger partial charge in [-0.2, -0.15) is 0 Å². The molecule has 3 N–H and O–H groups in total. The van der Waals surface area contributed by atoms with Gasteiger partial charge in [0, 0.05) is 10.4 Å². The zero-order chi connectivity index (χ0) is 16.3. The van der Waals surface area contributed by atoms with Crippen LogP contribution in [-0.4, -0.2) is 17.9 Å². The molecule has 0 saturated heterocycles. The molecule has 5 nitrogen and oxygen atoms in total. The molecule has 0 aliphatic heterocycles. The summed E-state index contributed by atoms with van der Waals surface area (Å²) in [6.07, 6.45) is 0.0758. The summed E-state index contributed by atoms with van der Waals surface area (Å²) in [5.74, 6) is -0.142. The number of nitrogens with two attached hydrogens (primary N) is 1. The first-order valence-corrected chi connectivity index (χ1v) is 7.66. The van der Waals surface area contributed by atoms with Crippen LogP contribution in [-0.2, 0) is 0 Å². The van der Waals surface area contributed by atoms with Crippen LogP contribution >= 0.6 is 11.3 Å². The first-order chi connectivity index (χ1) is 10.4. The van der Waals surface area contributed by atoms with Crippen molar-refractivity contribution in [2.24, 2.45) is 5.73 Å². The SMILES string of the molecule is Cc1cc(C(N)=O)c(NC(=O)c2ccc(OC(C)C)cc2)s1. The lowest BCUT2D eigenvalue weighted by Gasteiger charge is -2.10. The molecule has 0 saturated carbocycles. The molecule has 0 radical (unpaired) electrons. The maximum Gasteiger partial charge on any atom is 0.256 e. The summed E-state index contributed by atoms with van der Waals surface area (Å²) >= 11 is 1.32. The van der Waals surface area contributed by atoms with Crippen LogP contribution in [0.15, 0.2) is 30.3 Å². The molecule has 1 heterocycles. The number of ether oxygens (including phenoxy) is 1. The average molecular weight is 318 g/mol. The Kier molecular flexibility index (Phi) is 4.82. The van der Waals surface area contributed by atoms with Gasteiger partial charge in [-0.1, -0.05) is 0 Å². The van der Waals surface area contributed by atoms with Crippen molar-refractivity contribution >= 4 is 28.2 Å². The van der Waals surface area contributed by atoms with Gasteiger partial charge in [0.2, 0.25) is 0 Å². The first-order valence-electron chi connectivity index (χ1n) is 6.85. The second kappa shape index (κ2) is 6.62. The van der Waals surface area contributed by atoms with Crippen molar-refractivity contribution in [1.29, 1.82) is 0 Å². The predicted octanol–water partition coefficient (Wildman–Crippen LogP) is 3.19. The number of primary amides is 1. The monoisotopic (exact) mass is 318 g/mol. The van der Waals surface area contributed by atoms with E-state index in [1.54, 1.807) is 30.3 Å². The standard InChI is InChI=1S/C16H18N2O3S/c1-9(2)21-12-6-4-11(5-7-12)15(20)18-16-13(14(17)19)8-10(3)22-16/h4-9H,1-3H3,(H2,17,19)(H,18,20). The molecule has 2 rings (SSSR count). The summed E-state index contributed by atoms with van der Waals surface area (Å²) in [5, 5.41) is 3.20. The molecule has 0 unspecified atom stereocenters. The Bertz CT molecular complexity index is 690. The minimum atomic E-state index is -0.555. The summed E-state index contributed by atoms with van der Waals surface area (Å²) < 4.78 is 5.53. The molecule has 2 amide bonds. The molecule has 1 aromatic heterocycles. The molecule has 0 atom stereocenters. The van der Waals surface area contributed by atoms with E-state index < -0.39 is 5.91 Å². The summed E-state index contributed by atoms with van der Waals surface area (Å²) in [4.78, 5) is 24.5. The smallest absolute Gasteiger partial charge is 0.256 e. The number of hydrogen-bond donors (Lipinski definition) is 2. The van der Waals surface area contributed by atoms with Crippen molar-refractivity contribution in [1.82, 2.24) is 0 Å². The Morgan fingerprint density at radius 2 is 1.86 bits per heavy atom. The topological polar surface area (TPSA) is 81.4 Å². The molecule has 22 heavy (non-hydrogen) atoms. The van der Waals surface area contributed by atoms with E-state index in [0.29, 0.717) is 21.9 Å². The zero-order valence-corrected chi connectivity index (χ0v) is 13.5. The number of aryl methyl sites for hydroxylation is 1. The molecule has 0 aliphatic carbocycles. The quantitative estimate of drug-likeness (QED) is 0.888. The number of thiophene rings is 1. The van der Waals surface area contributed by atoms with Crippen LogP contribution in [0.5, 0.6) is 5.75 Å². The molecular weight excluding hydrogens is 300 g/mol. The lowest BCUT2D eigenvalue weighted by molar-refractivity contribution is 0.100. The van der Waals surface area contributed by atoms with Crippen LogP contribution < -0.4 is 15.8 Å². The Labute approximate surface area is 133 Å². The van der Waals surface area contributed by atoms with Crippen LogP contribution in [0.2, 0.25) is 0 Å². The molecule has 0 bridgehead atoms. The van der Waals surface area contributed by atoms with E-state index in [9.17, 15) is 9.59 Å². The van der Waals surface area contributed by atoms with E-state index in [1.165, 1.54) is 11.3 Å². The van der Waals surface area contributed by atoms with Crippen molar-refractivity contribution in [3.8, 4) is 5.75 Å². The van der Waals surface area contributed by atoms with Crippen LogP contribution in [0, 0.1) is 6.92 Å². The number of amides is 2. The fourth-order valence-electron chi connectivity index (χ4n) is 1.92. The second-order valence-electron chi connectivity index (χ2n) is 5.11. The van der Waals surface area contributed by atoms with Gasteiger partial charge in [-0.15, -0.1) is 11.3 Å². The molecule has 0 spiro atoms. The number of rotatable bonds is 5. The number of carbonyl (C=O) groups is 2. The Balaban J connectivity index is 2.14. The van der Waals surface area contributed by atoms with E-state index in [-0.39, 0.29) is 12.0 Å². The summed E-state index contributed by atoms with van der Waals surface area (Å²) in [6, 6.07) is 8.50. The lowest BCUT2D eigenvalue weighted by atomic mass is 10.2. The van der Waals surface area contributed by atoms with Crippen LogP contribution in [0.4, 0.5) is 5.00 Å². The van der Waals surface area contributed by atoms with Crippen molar-refractivity contribution in [3.63, 3.8) is 0 Å². The van der Waals surface area contributed by atoms with Crippen molar-refractivity contribution in [3.05, 3.63) is 46.3 Å². The van der Waals surface area contributed by atoms with Gasteiger partial charge in [0.15, 0.2) is 0 Å². The Hall–Kier alpha value is -2.34. The molecule has 6 heteroatoms. The minimum absolute atomic E-state index is 0.0758. The van der Waals surface area contributed by atoms with Gasteiger partial charge in [-0.05, 0) is 51.1 Å². The highest BCUT2D eigenvalue weighted by atomic mass is 32.1. The highest BCUT2D eigenvalue weighted by Gasteiger charge is 2.15. The molecule has 116 valence electrons. The van der Waals surface area contributed by atoms with Gasteiger partial charge in [0.25, 0.3) is 11.8 Å². The van der Waals surface area contributed by atoms with Crippen LogP contribution in [0.25, 0.3) is 0 Å². The maximum atomic E-state index is 12.2. The highest BCUT2D eigenvalue weighted by molar-refractivity contribution is 7.16. The number of hydrogen-bond acceptors (Lipinski definition) is 4. The van der Waals surface area contributed by atoms with E-state index in [2.05, 4.69) is 5.32 Å². The van der Waals surface area contributed by atoms with Crippen molar-refractivity contribution in [2.75, 3.05) is 5.32 Å². The Morgan fingerprint density at radius 1 is 1.23 bits per heavy atom. The third-order valence-corrected chi connectivity index (χ3v) is 3.80. The number of carbonyl (C=O) groups excluding carboxylic acids is 2. The third-order valence-electron chi connectivity index (χ3n) is 2.84. The fraction of sp³-hybridized carbons (Fsp3) is 0.250. The minimum Gasteiger partial charge on any atom is -0.491 e. The summed E-state index contributed by atoms with van der Waals surface area (Å²) in [7, 11) is 0. The largest absolute Gasteiger partial charge is 0.491 e. The van der Waals surface area contributed by atoms with Gasteiger partial charge in [-0.3, -0.25) is 9.59 Å². The van der Waals surface area contributed by atoms with Crippen LogP contribution in [0.1, 0.15) is 39.4 Å². The van der Waals surface area contributed by atoms with Gasteiger partial charge in [-0.25, -0.2) is 0 Å². The van der Waals surface area contributed by atoms with Gasteiger partial charge in [0.05, 0.1) is 11.7 Å². The lowest BCUT2D eigenvalue weighted by Crippen LogP contribution is -2.16. The van der Waals surface area contributed by atoms with Gasteiger partial charge in [0.1, 0.15) is 10.8 Å². The molecule has 0 fully saturated rings. The van der Waals surface area contributed by atoms with E-state index in [4.69, 9.17) is 10.5 Å². The molecule has 0 aliphatic rings. The average Bonchev–Trinajstić information content (AvgIpc) is 2.80. The maximum absolute atomic E-state index is 12.2. The van der Waals surface area contributed by atoms with E-state index in [0.717, 1.165) is 4.88 Å². The molecular formula is C16H18N2O3S. The normalized spacial score (nSPS) is 10.5. The van der Waals surface area contributed by atoms with Crippen molar-refractivity contribution < 1.29 is 14.3 Å². The molecule has 2 aromatic rings. The first kappa shape index (κ1) is 16.0. The second-order valence-corrected chi connectivity index (χ2v) is 6.37.